The van der Waals surface area contributed by atoms with Crippen molar-refractivity contribution in [3.05, 3.63) is 36.4 Å². The molecule has 2 bridgehead atoms. The molecule has 3 fully saturated rings. The number of nitrogens with zero attached hydrogens (tertiary/aromatic N) is 2. The van der Waals surface area contributed by atoms with E-state index in [1.54, 1.807) is 0 Å². The van der Waals surface area contributed by atoms with E-state index in [9.17, 15) is 0 Å². The first-order valence-electron chi connectivity index (χ1n) is 7.23. The number of rotatable bonds is 2. The van der Waals surface area contributed by atoms with Crippen molar-refractivity contribution in [3.63, 3.8) is 0 Å². The van der Waals surface area contributed by atoms with Crippen LogP contribution in [0.1, 0.15) is 12.8 Å². The molecule has 98 valence electrons. The van der Waals surface area contributed by atoms with E-state index in [0.717, 1.165) is 17.3 Å². The Bertz CT molecular complexity index is 587. The van der Waals surface area contributed by atoms with Crippen LogP contribution in [0.3, 0.4) is 0 Å². The van der Waals surface area contributed by atoms with Gasteiger partial charge in [-0.3, -0.25) is 0 Å². The fraction of sp³-hybridized carbons (Fsp3) is 0.438. The van der Waals surface area contributed by atoms with Gasteiger partial charge in [0, 0.05) is 18.0 Å². The molecule has 0 amide bonds. The van der Waals surface area contributed by atoms with Crippen LogP contribution in [0, 0.1) is 5.92 Å². The molecule has 0 saturated carbocycles. The van der Waals surface area contributed by atoms with E-state index in [0.29, 0.717) is 6.04 Å². The van der Waals surface area contributed by atoms with Crippen molar-refractivity contribution in [2.75, 3.05) is 25.0 Å². The quantitative estimate of drug-likeness (QED) is 0.892. The van der Waals surface area contributed by atoms with Crippen molar-refractivity contribution in [1.82, 2.24) is 9.88 Å². The number of hydrogen-bond acceptors (Lipinski definition) is 3. The Morgan fingerprint density at radius 2 is 1.89 bits per heavy atom. The van der Waals surface area contributed by atoms with Gasteiger partial charge in [0.15, 0.2) is 0 Å². The second-order valence-corrected chi connectivity index (χ2v) is 5.78. The van der Waals surface area contributed by atoms with Gasteiger partial charge in [0.2, 0.25) is 0 Å². The summed E-state index contributed by atoms with van der Waals surface area (Å²) < 4.78 is 0. The third-order valence-corrected chi connectivity index (χ3v) is 4.59. The summed E-state index contributed by atoms with van der Waals surface area (Å²) in [7, 11) is 0. The monoisotopic (exact) mass is 253 g/mol. The highest BCUT2D eigenvalue weighted by atomic mass is 15.2. The Hall–Kier alpha value is -1.61. The summed E-state index contributed by atoms with van der Waals surface area (Å²) in [4.78, 5) is 7.29. The van der Waals surface area contributed by atoms with Crippen molar-refractivity contribution >= 4 is 16.7 Å². The number of para-hydroxylation sites is 1. The predicted octanol–water partition coefficient (Wildman–Crippen LogP) is 2.74. The maximum Gasteiger partial charge on any atom is 0.126 e. The van der Waals surface area contributed by atoms with Gasteiger partial charge in [-0.05, 0) is 50.0 Å². The molecule has 1 aromatic heterocycles. The smallest absolute Gasteiger partial charge is 0.126 e. The third-order valence-electron chi connectivity index (χ3n) is 4.59. The molecule has 5 rings (SSSR count). The molecule has 1 atom stereocenters. The lowest BCUT2D eigenvalue weighted by atomic mass is 9.84. The first-order chi connectivity index (χ1) is 9.38. The fourth-order valence-electron chi connectivity index (χ4n) is 3.46. The van der Waals surface area contributed by atoms with Crippen molar-refractivity contribution in [1.29, 1.82) is 0 Å². The molecule has 3 saturated heterocycles. The predicted molar refractivity (Wildman–Crippen MR) is 78.3 cm³/mol. The maximum atomic E-state index is 4.72. The number of aromatic nitrogens is 1. The Morgan fingerprint density at radius 3 is 2.68 bits per heavy atom. The zero-order valence-electron chi connectivity index (χ0n) is 11.0. The van der Waals surface area contributed by atoms with Crippen LogP contribution in [0.25, 0.3) is 10.9 Å². The third kappa shape index (κ3) is 2.08. The summed E-state index contributed by atoms with van der Waals surface area (Å²) in [6.45, 7) is 3.75. The molecule has 4 heterocycles. The van der Waals surface area contributed by atoms with Crippen molar-refractivity contribution in [2.45, 2.75) is 18.9 Å². The number of fused-ring (bicyclic) bond motifs is 4. The van der Waals surface area contributed by atoms with E-state index >= 15 is 0 Å². The summed E-state index contributed by atoms with van der Waals surface area (Å²) in [6.07, 6.45) is 2.68. The Morgan fingerprint density at radius 1 is 1.05 bits per heavy atom. The first kappa shape index (κ1) is 11.2. The minimum atomic E-state index is 0.580. The van der Waals surface area contributed by atoms with Crippen LogP contribution in [0.5, 0.6) is 0 Å². The van der Waals surface area contributed by atoms with E-state index in [-0.39, 0.29) is 0 Å². The number of hydrogen-bond donors (Lipinski definition) is 1. The average molecular weight is 253 g/mol. The lowest BCUT2D eigenvalue weighted by Gasteiger charge is -2.45. The van der Waals surface area contributed by atoms with E-state index in [1.807, 2.05) is 6.07 Å². The number of pyridine rings is 1. The summed E-state index contributed by atoms with van der Waals surface area (Å²) in [5.74, 6) is 1.86. The van der Waals surface area contributed by atoms with Gasteiger partial charge in [-0.2, -0.15) is 0 Å². The van der Waals surface area contributed by atoms with Gasteiger partial charge in [0.1, 0.15) is 5.82 Å². The van der Waals surface area contributed by atoms with Crippen LogP contribution >= 0.6 is 0 Å². The zero-order valence-corrected chi connectivity index (χ0v) is 11.0. The van der Waals surface area contributed by atoms with Crippen LogP contribution < -0.4 is 5.32 Å². The highest BCUT2D eigenvalue weighted by molar-refractivity contribution is 5.80. The number of benzene rings is 1. The highest BCUT2D eigenvalue weighted by Gasteiger charge is 2.34. The molecule has 1 aromatic carbocycles. The van der Waals surface area contributed by atoms with Crippen molar-refractivity contribution in [2.24, 2.45) is 5.92 Å². The zero-order chi connectivity index (χ0) is 12.7. The van der Waals surface area contributed by atoms with Gasteiger partial charge < -0.3 is 10.2 Å². The number of anilines is 1. The summed E-state index contributed by atoms with van der Waals surface area (Å²) in [5.41, 5.74) is 1.08. The molecule has 3 heteroatoms. The Balaban J connectivity index is 1.58. The van der Waals surface area contributed by atoms with E-state index in [4.69, 9.17) is 4.98 Å². The molecule has 2 aromatic rings. The fourth-order valence-corrected chi connectivity index (χ4v) is 3.46. The van der Waals surface area contributed by atoms with E-state index in [1.165, 1.54) is 37.9 Å². The summed E-state index contributed by atoms with van der Waals surface area (Å²) in [5, 5.41) is 4.86. The lowest BCUT2D eigenvalue weighted by molar-refractivity contribution is 0.0974. The Kier molecular flexibility index (Phi) is 2.66. The summed E-state index contributed by atoms with van der Waals surface area (Å²) >= 11 is 0. The molecule has 3 aliphatic rings. The topological polar surface area (TPSA) is 28.2 Å². The number of piperidine rings is 3. The molecule has 1 N–H and O–H groups in total. The molecule has 0 aliphatic carbocycles. The molecule has 3 nitrogen and oxygen atoms in total. The number of nitrogens with one attached hydrogen (secondary N) is 1. The van der Waals surface area contributed by atoms with Crippen molar-refractivity contribution in [3.8, 4) is 0 Å². The average Bonchev–Trinajstić information content (AvgIpc) is 2.48. The van der Waals surface area contributed by atoms with Gasteiger partial charge in [-0.25, -0.2) is 4.98 Å². The standard InChI is InChI=1S/C16H19N3/c1-2-4-14-12(3-1)5-6-16(17-14)18-15-11-19-9-7-13(15)8-10-19/h1-6,13,15H,7-11H2,(H,17,18)/t15-/m0/s1. The lowest BCUT2D eigenvalue weighted by Crippen LogP contribution is -2.53. The van der Waals surface area contributed by atoms with Crippen LogP contribution in [0.15, 0.2) is 36.4 Å². The minimum absolute atomic E-state index is 0.580. The Labute approximate surface area is 113 Å². The van der Waals surface area contributed by atoms with Crippen LogP contribution in [-0.4, -0.2) is 35.6 Å². The largest absolute Gasteiger partial charge is 0.366 e. The van der Waals surface area contributed by atoms with Gasteiger partial charge >= 0.3 is 0 Å². The van der Waals surface area contributed by atoms with Crippen molar-refractivity contribution < 1.29 is 0 Å². The van der Waals surface area contributed by atoms with Crippen LogP contribution in [0.4, 0.5) is 5.82 Å². The van der Waals surface area contributed by atoms with Gasteiger partial charge in [0.25, 0.3) is 0 Å². The minimum Gasteiger partial charge on any atom is -0.366 e. The molecule has 3 aliphatic heterocycles. The van der Waals surface area contributed by atoms with E-state index < -0.39 is 0 Å². The molecule has 0 unspecified atom stereocenters. The molecule has 0 spiro atoms. The SMILES string of the molecule is c1ccc2nc(N[C@H]3CN4CCC3CC4)ccc2c1. The normalized spacial score (nSPS) is 29.6. The van der Waals surface area contributed by atoms with Gasteiger partial charge in [-0.15, -0.1) is 0 Å². The summed E-state index contributed by atoms with van der Waals surface area (Å²) in [6, 6.07) is 13.2. The van der Waals surface area contributed by atoms with Crippen LogP contribution in [0.2, 0.25) is 0 Å². The molecule has 19 heavy (non-hydrogen) atoms. The molecular formula is C16H19N3. The van der Waals surface area contributed by atoms with E-state index in [2.05, 4.69) is 40.5 Å². The second-order valence-electron chi connectivity index (χ2n) is 5.78. The highest BCUT2D eigenvalue weighted by Crippen LogP contribution is 2.29. The van der Waals surface area contributed by atoms with Gasteiger partial charge in [-0.1, -0.05) is 18.2 Å². The first-order valence-corrected chi connectivity index (χ1v) is 7.23. The maximum absolute atomic E-state index is 4.72. The molecular weight excluding hydrogens is 234 g/mol. The second kappa shape index (κ2) is 4.49. The molecule has 0 radical (unpaired) electrons. The van der Waals surface area contributed by atoms with Crippen LogP contribution in [-0.2, 0) is 0 Å². The van der Waals surface area contributed by atoms with Gasteiger partial charge in [0.05, 0.1) is 5.52 Å².